The summed E-state index contributed by atoms with van der Waals surface area (Å²) in [5.41, 5.74) is 6.14. The second-order valence-electron chi connectivity index (χ2n) is 9.62. The quantitative estimate of drug-likeness (QED) is 0.378. The zero-order valence-electron chi connectivity index (χ0n) is 20.7. The van der Waals surface area contributed by atoms with Crippen molar-refractivity contribution in [3.63, 3.8) is 0 Å². The number of hydrogen-bond donors (Lipinski definition) is 2. The van der Waals surface area contributed by atoms with Gasteiger partial charge in [0.15, 0.2) is 0 Å². The Morgan fingerprint density at radius 1 is 1.03 bits per heavy atom. The van der Waals surface area contributed by atoms with Crippen LogP contribution in [-0.2, 0) is 10.2 Å². The van der Waals surface area contributed by atoms with Gasteiger partial charge in [-0.1, -0.05) is 45.0 Å². The van der Waals surface area contributed by atoms with Crippen LogP contribution in [0.1, 0.15) is 71.5 Å². The molecule has 3 rings (SSSR count). The fourth-order valence-corrected chi connectivity index (χ4v) is 4.81. The van der Waals surface area contributed by atoms with E-state index in [-0.39, 0.29) is 30.4 Å². The average molecular weight is 480 g/mol. The van der Waals surface area contributed by atoms with Crippen molar-refractivity contribution in [1.82, 2.24) is 5.32 Å². The monoisotopic (exact) mass is 479 g/mol. The second-order valence-corrected chi connectivity index (χ2v) is 10.7. The van der Waals surface area contributed by atoms with Crippen molar-refractivity contribution in [2.24, 2.45) is 0 Å². The maximum atomic E-state index is 12.2. The van der Waals surface area contributed by atoms with Crippen LogP contribution in [0.25, 0.3) is 11.1 Å². The minimum atomic E-state index is -0.937. The van der Waals surface area contributed by atoms with Gasteiger partial charge in [0.25, 0.3) is 5.91 Å². The molecule has 2 N–H and O–H groups in total. The number of aliphatic carboxylic acids is 1. The molecule has 0 aliphatic carbocycles. The first-order valence-corrected chi connectivity index (χ1v) is 12.3. The number of rotatable bonds is 8. The Labute approximate surface area is 205 Å². The Morgan fingerprint density at radius 3 is 2.21 bits per heavy atom. The third-order valence-corrected chi connectivity index (χ3v) is 6.98. The van der Waals surface area contributed by atoms with Crippen LogP contribution in [0.5, 0.6) is 5.75 Å². The Balaban J connectivity index is 1.71. The summed E-state index contributed by atoms with van der Waals surface area (Å²) in [5, 5.41) is 11.3. The van der Waals surface area contributed by atoms with Crippen molar-refractivity contribution < 1.29 is 19.4 Å². The standard InChI is InChI=1S/C28H33NO4S/c1-17-15-22(16-18(2)26(17)20-7-9-21(10-8-20)28(4,5)6)33-19(3)23-11-12-24(34-23)27(32)29-14-13-25(30)31/h7-12,15-16,19H,13-14H2,1-6H3,(H,29,32)(H,30,31)/t19-/m1/s1. The Morgan fingerprint density at radius 2 is 1.65 bits per heavy atom. The lowest BCUT2D eigenvalue weighted by Crippen LogP contribution is -2.25. The summed E-state index contributed by atoms with van der Waals surface area (Å²) in [6.45, 7) is 12.9. The highest BCUT2D eigenvalue weighted by atomic mass is 32.1. The summed E-state index contributed by atoms with van der Waals surface area (Å²) in [7, 11) is 0. The maximum absolute atomic E-state index is 12.2. The van der Waals surface area contributed by atoms with E-state index >= 15 is 0 Å². The molecule has 0 spiro atoms. The van der Waals surface area contributed by atoms with Crippen molar-refractivity contribution >= 4 is 23.2 Å². The van der Waals surface area contributed by atoms with Crippen molar-refractivity contribution in [2.75, 3.05) is 6.54 Å². The van der Waals surface area contributed by atoms with Crippen molar-refractivity contribution in [3.05, 3.63) is 75.0 Å². The molecule has 3 aromatic rings. The molecule has 5 nitrogen and oxygen atoms in total. The van der Waals surface area contributed by atoms with Gasteiger partial charge in [0.1, 0.15) is 11.9 Å². The fraction of sp³-hybridized carbons (Fsp3) is 0.357. The number of aryl methyl sites for hydroxylation is 2. The highest BCUT2D eigenvalue weighted by Gasteiger charge is 2.17. The highest BCUT2D eigenvalue weighted by Crippen LogP contribution is 2.35. The molecule has 1 heterocycles. The van der Waals surface area contributed by atoms with Gasteiger partial charge in [-0.2, -0.15) is 0 Å². The van der Waals surface area contributed by atoms with Gasteiger partial charge >= 0.3 is 5.97 Å². The lowest BCUT2D eigenvalue weighted by Gasteiger charge is -2.20. The van der Waals surface area contributed by atoms with Gasteiger partial charge in [0, 0.05) is 11.4 Å². The maximum Gasteiger partial charge on any atom is 0.305 e. The molecule has 1 aromatic heterocycles. The molecule has 180 valence electrons. The van der Waals surface area contributed by atoms with Crippen LogP contribution in [0.4, 0.5) is 0 Å². The van der Waals surface area contributed by atoms with Gasteiger partial charge in [-0.15, -0.1) is 11.3 Å². The number of nitrogens with one attached hydrogen (secondary N) is 1. The van der Waals surface area contributed by atoms with Crippen LogP contribution in [0.2, 0.25) is 0 Å². The lowest BCUT2D eigenvalue weighted by atomic mass is 9.85. The minimum absolute atomic E-state index is 0.0983. The number of hydrogen-bond acceptors (Lipinski definition) is 4. The third-order valence-electron chi connectivity index (χ3n) is 5.73. The first-order valence-electron chi connectivity index (χ1n) is 11.4. The van der Waals surface area contributed by atoms with Gasteiger partial charge in [0.2, 0.25) is 0 Å². The van der Waals surface area contributed by atoms with Crippen LogP contribution in [0.15, 0.2) is 48.5 Å². The number of amides is 1. The fourth-order valence-electron chi connectivity index (χ4n) is 3.91. The van der Waals surface area contributed by atoms with E-state index in [9.17, 15) is 9.59 Å². The smallest absolute Gasteiger partial charge is 0.305 e. The summed E-state index contributed by atoms with van der Waals surface area (Å²) >= 11 is 1.35. The van der Waals surface area contributed by atoms with E-state index in [1.165, 1.54) is 28.0 Å². The van der Waals surface area contributed by atoms with Gasteiger partial charge in [-0.3, -0.25) is 9.59 Å². The summed E-state index contributed by atoms with van der Waals surface area (Å²) in [6.07, 6.45) is -0.319. The SMILES string of the molecule is Cc1cc(O[C@H](C)c2ccc(C(=O)NCCC(=O)O)s2)cc(C)c1-c1ccc(C(C)(C)C)cc1. The molecule has 6 heteroatoms. The van der Waals surface area contributed by atoms with E-state index in [2.05, 4.69) is 76.3 Å². The summed E-state index contributed by atoms with van der Waals surface area (Å²) in [6, 6.07) is 16.5. The molecule has 0 saturated carbocycles. The molecule has 0 radical (unpaired) electrons. The molecule has 0 fully saturated rings. The average Bonchev–Trinajstić information content (AvgIpc) is 3.23. The van der Waals surface area contributed by atoms with Crippen LogP contribution in [0.3, 0.4) is 0 Å². The topological polar surface area (TPSA) is 75.6 Å². The molecule has 0 unspecified atom stereocenters. The first-order chi connectivity index (χ1) is 16.0. The van der Waals surface area contributed by atoms with E-state index in [1.807, 2.05) is 13.0 Å². The third kappa shape index (κ3) is 6.26. The van der Waals surface area contributed by atoms with Crippen molar-refractivity contribution in [2.45, 2.75) is 59.5 Å². The minimum Gasteiger partial charge on any atom is -0.485 e. The summed E-state index contributed by atoms with van der Waals surface area (Å²) < 4.78 is 6.22. The predicted molar refractivity (Wildman–Crippen MR) is 138 cm³/mol. The molecule has 1 atom stereocenters. The second kappa shape index (κ2) is 10.4. The molecule has 0 bridgehead atoms. The van der Waals surface area contributed by atoms with Crippen molar-refractivity contribution in [3.8, 4) is 16.9 Å². The zero-order chi connectivity index (χ0) is 25.0. The Bertz CT molecular complexity index is 1150. The predicted octanol–water partition coefficient (Wildman–Crippen LogP) is 6.67. The van der Waals surface area contributed by atoms with E-state index in [0.717, 1.165) is 21.8 Å². The number of thiophene rings is 1. The first kappa shape index (κ1) is 25.5. The van der Waals surface area contributed by atoms with Gasteiger partial charge in [-0.05, 0) is 78.3 Å². The van der Waals surface area contributed by atoms with E-state index in [4.69, 9.17) is 9.84 Å². The molecule has 0 saturated heterocycles. The number of carbonyl (C=O) groups is 2. The van der Waals surface area contributed by atoms with Crippen LogP contribution in [-0.4, -0.2) is 23.5 Å². The number of benzene rings is 2. The van der Waals surface area contributed by atoms with Gasteiger partial charge in [-0.25, -0.2) is 0 Å². The van der Waals surface area contributed by atoms with Crippen LogP contribution >= 0.6 is 11.3 Å². The lowest BCUT2D eigenvalue weighted by molar-refractivity contribution is -0.136. The van der Waals surface area contributed by atoms with Crippen molar-refractivity contribution in [1.29, 1.82) is 0 Å². The number of ether oxygens (including phenoxy) is 1. The Hall–Kier alpha value is -3.12. The molecular weight excluding hydrogens is 446 g/mol. The zero-order valence-corrected chi connectivity index (χ0v) is 21.5. The summed E-state index contributed by atoms with van der Waals surface area (Å²) in [4.78, 5) is 24.3. The van der Waals surface area contributed by atoms with E-state index in [0.29, 0.717) is 4.88 Å². The number of carbonyl (C=O) groups excluding carboxylic acids is 1. The highest BCUT2D eigenvalue weighted by molar-refractivity contribution is 7.14. The normalized spacial score (nSPS) is 12.3. The molecular formula is C28H33NO4S. The number of carboxylic acids is 1. The van der Waals surface area contributed by atoms with Crippen LogP contribution < -0.4 is 10.1 Å². The summed E-state index contributed by atoms with van der Waals surface area (Å²) in [5.74, 6) is -0.413. The molecule has 1 amide bonds. The van der Waals surface area contributed by atoms with E-state index < -0.39 is 5.97 Å². The molecule has 0 aliphatic heterocycles. The van der Waals surface area contributed by atoms with Gasteiger partial charge < -0.3 is 15.2 Å². The Kier molecular flexibility index (Phi) is 7.82. The molecule has 34 heavy (non-hydrogen) atoms. The van der Waals surface area contributed by atoms with Gasteiger partial charge in [0.05, 0.1) is 11.3 Å². The largest absolute Gasteiger partial charge is 0.485 e. The molecule has 2 aromatic carbocycles. The number of carboxylic acid groups (broad SMARTS) is 1. The van der Waals surface area contributed by atoms with Crippen LogP contribution in [0, 0.1) is 13.8 Å². The molecule has 0 aliphatic rings. The van der Waals surface area contributed by atoms with E-state index in [1.54, 1.807) is 6.07 Å².